The van der Waals surface area contributed by atoms with Crippen LogP contribution in [0.4, 0.5) is 4.79 Å². The van der Waals surface area contributed by atoms with Gasteiger partial charge in [-0.2, -0.15) is 4.98 Å². The molecule has 9 heteroatoms. The second kappa shape index (κ2) is 9.30. The maximum atomic E-state index is 13.6. The van der Waals surface area contributed by atoms with Gasteiger partial charge in [0.25, 0.3) is 5.91 Å². The van der Waals surface area contributed by atoms with Crippen molar-refractivity contribution in [3.63, 3.8) is 0 Å². The van der Waals surface area contributed by atoms with E-state index in [0.717, 1.165) is 19.3 Å². The van der Waals surface area contributed by atoms with Crippen molar-refractivity contribution in [1.82, 2.24) is 19.7 Å². The van der Waals surface area contributed by atoms with Gasteiger partial charge in [-0.3, -0.25) is 4.79 Å². The molecule has 1 aromatic heterocycles. The van der Waals surface area contributed by atoms with Gasteiger partial charge in [0.2, 0.25) is 11.8 Å². The maximum Gasteiger partial charge on any atom is 0.319 e. The quantitative estimate of drug-likeness (QED) is 0.736. The predicted octanol–water partition coefficient (Wildman–Crippen LogP) is 1.48. The van der Waals surface area contributed by atoms with Gasteiger partial charge in [0.1, 0.15) is 5.56 Å². The summed E-state index contributed by atoms with van der Waals surface area (Å²) in [5.74, 6) is 0.498. The molecule has 2 fully saturated rings. The lowest BCUT2D eigenvalue weighted by Crippen LogP contribution is -2.51. The van der Waals surface area contributed by atoms with Crippen LogP contribution in [0.25, 0.3) is 0 Å². The topological polar surface area (TPSA) is 84.4 Å². The van der Waals surface area contributed by atoms with Crippen LogP contribution >= 0.6 is 0 Å². The fourth-order valence-corrected chi connectivity index (χ4v) is 4.01. The number of rotatable bonds is 5. The molecule has 0 radical (unpaired) electrons. The van der Waals surface area contributed by atoms with Crippen LogP contribution in [-0.4, -0.2) is 98.3 Å². The van der Waals surface area contributed by atoms with Crippen LogP contribution in [0.15, 0.2) is 12.1 Å². The Morgan fingerprint density at radius 2 is 1.83 bits per heavy atom. The van der Waals surface area contributed by atoms with Crippen LogP contribution in [0.1, 0.15) is 29.6 Å². The SMILES string of the molecule is COc1ccc(C(=O)N(C2CCOCC2)C2CCN(C(=O)N(C)C)C2)c(OC)n1. The second-order valence-corrected chi connectivity index (χ2v) is 7.53. The van der Waals surface area contributed by atoms with Crippen molar-refractivity contribution in [2.45, 2.75) is 31.3 Å². The number of ether oxygens (including phenoxy) is 3. The average molecular weight is 406 g/mol. The van der Waals surface area contributed by atoms with Gasteiger partial charge in [-0.05, 0) is 25.3 Å². The Labute approximate surface area is 171 Å². The number of carbonyl (C=O) groups excluding carboxylic acids is 2. The smallest absolute Gasteiger partial charge is 0.319 e. The lowest BCUT2D eigenvalue weighted by Gasteiger charge is -2.38. The molecule has 3 rings (SSSR count). The zero-order chi connectivity index (χ0) is 21.0. The van der Waals surface area contributed by atoms with Gasteiger partial charge in [0.05, 0.1) is 20.3 Å². The summed E-state index contributed by atoms with van der Waals surface area (Å²) < 4.78 is 16.0. The molecule has 160 valence electrons. The summed E-state index contributed by atoms with van der Waals surface area (Å²) in [6, 6.07) is 3.32. The summed E-state index contributed by atoms with van der Waals surface area (Å²) in [7, 11) is 6.49. The number of nitrogens with zero attached hydrogens (tertiary/aromatic N) is 4. The van der Waals surface area contributed by atoms with Gasteiger partial charge in [-0.15, -0.1) is 0 Å². The standard InChI is InChI=1S/C20H30N4O5/c1-22(2)20(26)23-10-7-15(13-23)24(14-8-11-29-12-9-14)19(25)16-5-6-17(27-3)21-18(16)28-4/h5-6,14-15H,7-13H2,1-4H3. The fraction of sp³-hybridized carbons (Fsp3) is 0.650. The summed E-state index contributed by atoms with van der Waals surface area (Å²) >= 11 is 0. The molecule has 3 heterocycles. The number of aromatic nitrogens is 1. The molecule has 9 nitrogen and oxygen atoms in total. The molecule has 2 saturated heterocycles. The van der Waals surface area contributed by atoms with Gasteiger partial charge in [0.15, 0.2) is 0 Å². The third-order valence-electron chi connectivity index (χ3n) is 5.50. The summed E-state index contributed by atoms with van der Waals surface area (Å²) in [4.78, 5) is 35.6. The molecule has 1 unspecified atom stereocenters. The van der Waals surface area contributed by atoms with E-state index in [0.29, 0.717) is 37.7 Å². The van der Waals surface area contributed by atoms with Crippen molar-refractivity contribution >= 4 is 11.9 Å². The van der Waals surface area contributed by atoms with Crippen LogP contribution in [-0.2, 0) is 4.74 Å². The molecule has 0 spiro atoms. The normalized spacial score (nSPS) is 19.7. The minimum absolute atomic E-state index is 0.0319. The van der Waals surface area contributed by atoms with Gasteiger partial charge in [0, 0.05) is 52.5 Å². The van der Waals surface area contributed by atoms with Gasteiger partial charge in [-0.1, -0.05) is 0 Å². The number of carbonyl (C=O) groups is 2. The molecule has 0 bridgehead atoms. The molecule has 29 heavy (non-hydrogen) atoms. The maximum absolute atomic E-state index is 13.6. The summed E-state index contributed by atoms with van der Waals surface area (Å²) in [6.07, 6.45) is 2.29. The zero-order valence-corrected chi connectivity index (χ0v) is 17.6. The Hall–Kier alpha value is -2.55. The van der Waals surface area contributed by atoms with E-state index in [1.165, 1.54) is 14.2 Å². The highest BCUT2D eigenvalue weighted by atomic mass is 16.5. The van der Waals surface area contributed by atoms with E-state index >= 15 is 0 Å². The zero-order valence-electron chi connectivity index (χ0n) is 17.6. The van der Waals surface area contributed by atoms with Crippen LogP contribution in [0.3, 0.4) is 0 Å². The van der Waals surface area contributed by atoms with Gasteiger partial charge >= 0.3 is 6.03 Å². The van der Waals surface area contributed by atoms with Crippen molar-refractivity contribution in [3.05, 3.63) is 17.7 Å². The first-order valence-corrected chi connectivity index (χ1v) is 9.92. The molecular weight excluding hydrogens is 376 g/mol. The number of amides is 3. The summed E-state index contributed by atoms with van der Waals surface area (Å²) in [5.41, 5.74) is 0.400. The monoisotopic (exact) mass is 406 g/mol. The van der Waals surface area contributed by atoms with Gasteiger partial charge in [-0.25, -0.2) is 4.79 Å². The summed E-state index contributed by atoms with van der Waals surface area (Å²) in [6.45, 7) is 2.40. The molecule has 0 aromatic carbocycles. The molecule has 0 saturated carbocycles. The largest absolute Gasteiger partial charge is 0.481 e. The third-order valence-corrected chi connectivity index (χ3v) is 5.50. The van der Waals surface area contributed by atoms with E-state index in [9.17, 15) is 9.59 Å². The molecule has 2 aliphatic rings. The lowest BCUT2D eigenvalue weighted by molar-refractivity contribution is 0.0173. The summed E-state index contributed by atoms with van der Waals surface area (Å²) in [5, 5.41) is 0. The number of methoxy groups -OCH3 is 2. The molecule has 1 aromatic rings. The number of hydrogen-bond donors (Lipinski definition) is 0. The molecular formula is C20H30N4O5. The Morgan fingerprint density at radius 3 is 2.45 bits per heavy atom. The average Bonchev–Trinajstić information content (AvgIpc) is 3.22. The predicted molar refractivity (Wildman–Crippen MR) is 106 cm³/mol. The van der Waals surface area contributed by atoms with E-state index in [2.05, 4.69) is 4.98 Å². The highest BCUT2D eigenvalue weighted by Crippen LogP contribution is 2.29. The van der Waals surface area contributed by atoms with Crippen molar-refractivity contribution < 1.29 is 23.8 Å². The Balaban J connectivity index is 1.88. The first-order valence-electron chi connectivity index (χ1n) is 9.92. The van der Waals surface area contributed by atoms with E-state index in [1.807, 2.05) is 4.90 Å². The number of urea groups is 1. The van der Waals surface area contributed by atoms with Crippen LogP contribution in [0.5, 0.6) is 11.8 Å². The van der Waals surface area contributed by atoms with Crippen molar-refractivity contribution in [2.24, 2.45) is 0 Å². The molecule has 0 aliphatic carbocycles. The van der Waals surface area contributed by atoms with Crippen molar-refractivity contribution in [1.29, 1.82) is 0 Å². The minimum Gasteiger partial charge on any atom is -0.481 e. The first-order chi connectivity index (χ1) is 14.0. The lowest BCUT2D eigenvalue weighted by atomic mass is 10.0. The Morgan fingerprint density at radius 1 is 1.10 bits per heavy atom. The van der Waals surface area contributed by atoms with E-state index < -0.39 is 0 Å². The van der Waals surface area contributed by atoms with Crippen molar-refractivity contribution in [2.75, 3.05) is 54.6 Å². The van der Waals surface area contributed by atoms with Crippen molar-refractivity contribution in [3.8, 4) is 11.8 Å². The first kappa shape index (κ1) is 21.2. The molecule has 0 N–H and O–H groups in total. The van der Waals surface area contributed by atoms with E-state index in [-0.39, 0.29) is 29.9 Å². The molecule has 3 amide bonds. The second-order valence-electron chi connectivity index (χ2n) is 7.53. The van der Waals surface area contributed by atoms with Crippen LogP contribution in [0.2, 0.25) is 0 Å². The van der Waals surface area contributed by atoms with Crippen LogP contribution < -0.4 is 9.47 Å². The minimum atomic E-state index is -0.131. The molecule has 1 atom stereocenters. The Kier molecular flexibility index (Phi) is 6.79. The molecule has 2 aliphatic heterocycles. The highest BCUT2D eigenvalue weighted by Gasteiger charge is 2.39. The van der Waals surface area contributed by atoms with Crippen LogP contribution in [0, 0.1) is 0 Å². The Bertz CT molecular complexity index is 736. The number of pyridine rings is 1. The van der Waals surface area contributed by atoms with E-state index in [4.69, 9.17) is 14.2 Å². The van der Waals surface area contributed by atoms with E-state index in [1.54, 1.807) is 36.0 Å². The third kappa shape index (κ3) is 4.55. The fourth-order valence-electron chi connectivity index (χ4n) is 4.01. The number of hydrogen-bond acceptors (Lipinski definition) is 6. The highest BCUT2D eigenvalue weighted by molar-refractivity contribution is 5.97. The number of likely N-dealkylation sites (tertiary alicyclic amines) is 1. The van der Waals surface area contributed by atoms with Gasteiger partial charge < -0.3 is 28.9 Å².